The monoisotopic (exact) mass is 413 g/mol. The molecule has 0 amide bonds. The van der Waals surface area contributed by atoms with Crippen molar-refractivity contribution in [1.82, 2.24) is 0 Å². The minimum absolute atomic E-state index is 0.00378. The minimum Gasteiger partial charge on any atom is -0.304 e. The summed E-state index contributed by atoms with van der Waals surface area (Å²) < 4.78 is 66.7. The molecule has 0 aromatic heterocycles. The molecule has 6 nitrogen and oxygen atoms in total. The Kier molecular flexibility index (Phi) is 7.06. The Balaban J connectivity index is 2.69. The molecular weight excluding hydrogens is 392 g/mol. The molecule has 0 N–H and O–H groups in total. The lowest BCUT2D eigenvalue weighted by molar-refractivity contribution is 0.232. The highest BCUT2D eigenvalue weighted by atomic mass is 32.2. The van der Waals surface area contributed by atoms with Crippen LogP contribution in [0.25, 0.3) is 0 Å². The number of hydrogen-bond donors (Lipinski definition) is 0. The van der Waals surface area contributed by atoms with Crippen molar-refractivity contribution in [3.8, 4) is 0 Å². The first-order valence-corrected chi connectivity index (χ1v) is 11.3. The molecular formula is C18H21FNO5PS. The lowest BCUT2D eigenvalue weighted by Gasteiger charge is -2.19. The Morgan fingerprint density at radius 2 is 1.67 bits per heavy atom. The van der Waals surface area contributed by atoms with Crippen molar-refractivity contribution in [2.45, 2.75) is 25.7 Å². The van der Waals surface area contributed by atoms with Crippen molar-refractivity contribution in [2.75, 3.05) is 13.2 Å². The molecule has 0 bridgehead atoms. The first kappa shape index (κ1) is 21.4. The first-order chi connectivity index (χ1) is 12.7. The SMILES string of the molecule is CCOP(=O)(OCC)C(=NS(=O)(=O)c1ccc(C)cc1)c1cccc(F)c1. The van der Waals surface area contributed by atoms with E-state index < -0.39 is 28.9 Å². The number of sulfonamides is 1. The smallest absolute Gasteiger partial charge is 0.304 e. The van der Waals surface area contributed by atoms with E-state index in [1.165, 1.54) is 30.3 Å². The summed E-state index contributed by atoms with van der Waals surface area (Å²) in [5.74, 6) is -0.632. The lowest BCUT2D eigenvalue weighted by atomic mass is 10.2. The molecule has 0 aliphatic heterocycles. The van der Waals surface area contributed by atoms with Gasteiger partial charge in [0.1, 0.15) is 5.82 Å². The Bertz CT molecular complexity index is 964. The van der Waals surface area contributed by atoms with E-state index in [1.54, 1.807) is 26.0 Å². The second-order valence-corrected chi connectivity index (χ2v) is 9.09. The maximum atomic E-state index is 13.7. The van der Waals surface area contributed by atoms with Crippen molar-refractivity contribution in [1.29, 1.82) is 0 Å². The molecule has 0 heterocycles. The molecule has 0 saturated carbocycles. The van der Waals surface area contributed by atoms with Gasteiger partial charge in [0, 0.05) is 5.56 Å². The van der Waals surface area contributed by atoms with Crippen LogP contribution in [0.5, 0.6) is 0 Å². The number of aryl methyl sites for hydroxylation is 1. The predicted molar refractivity (Wildman–Crippen MR) is 102 cm³/mol. The molecule has 0 fully saturated rings. The van der Waals surface area contributed by atoms with E-state index in [-0.39, 0.29) is 23.7 Å². The van der Waals surface area contributed by atoms with Gasteiger partial charge >= 0.3 is 7.60 Å². The third-order valence-electron chi connectivity index (χ3n) is 3.47. The summed E-state index contributed by atoms with van der Waals surface area (Å²) in [6.45, 7) is 4.98. The summed E-state index contributed by atoms with van der Waals surface area (Å²) in [4.78, 5) is -0.0819. The van der Waals surface area contributed by atoms with E-state index in [0.717, 1.165) is 11.6 Å². The van der Waals surface area contributed by atoms with Gasteiger partial charge in [-0.15, -0.1) is 0 Å². The Labute approximate surface area is 158 Å². The Morgan fingerprint density at radius 1 is 1.07 bits per heavy atom. The number of halogens is 1. The molecule has 0 aliphatic rings. The van der Waals surface area contributed by atoms with Crippen molar-refractivity contribution >= 4 is 23.1 Å². The number of benzene rings is 2. The Hall–Kier alpha value is -1.86. The molecule has 146 valence electrons. The fourth-order valence-electron chi connectivity index (χ4n) is 2.26. The summed E-state index contributed by atoms with van der Waals surface area (Å²) in [6.07, 6.45) is 0. The van der Waals surface area contributed by atoms with E-state index in [0.29, 0.717) is 0 Å². The maximum Gasteiger partial charge on any atom is 0.381 e. The largest absolute Gasteiger partial charge is 0.381 e. The van der Waals surface area contributed by atoms with Gasteiger partial charge < -0.3 is 9.05 Å². The van der Waals surface area contributed by atoms with Crippen LogP contribution in [0, 0.1) is 12.7 Å². The summed E-state index contributed by atoms with van der Waals surface area (Å²) >= 11 is 0. The van der Waals surface area contributed by atoms with Gasteiger partial charge in [0.15, 0.2) is 5.45 Å². The van der Waals surface area contributed by atoms with Crippen LogP contribution >= 0.6 is 7.60 Å². The normalized spacial score (nSPS) is 13.0. The van der Waals surface area contributed by atoms with Gasteiger partial charge in [-0.1, -0.05) is 29.8 Å². The van der Waals surface area contributed by atoms with Crippen LogP contribution in [-0.2, 0) is 23.6 Å². The third-order valence-corrected chi connectivity index (χ3v) is 6.97. The maximum absolute atomic E-state index is 13.7. The summed E-state index contributed by atoms with van der Waals surface area (Å²) in [7, 11) is -8.32. The standard InChI is InChI=1S/C18H21FNO5PS/c1-4-24-26(21,25-5-2)18(15-7-6-8-16(19)13-15)20-27(22,23)17-11-9-14(3)10-12-17/h6-13H,4-5H2,1-3H3. The van der Waals surface area contributed by atoms with E-state index >= 15 is 0 Å². The van der Waals surface area contributed by atoms with Gasteiger partial charge in [0.2, 0.25) is 0 Å². The second kappa shape index (κ2) is 8.89. The van der Waals surface area contributed by atoms with Gasteiger partial charge in [0.05, 0.1) is 18.1 Å². The molecule has 0 unspecified atom stereocenters. The highest BCUT2D eigenvalue weighted by Gasteiger charge is 2.35. The quantitative estimate of drug-likeness (QED) is 0.469. The van der Waals surface area contributed by atoms with Crippen molar-refractivity contribution in [2.24, 2.45) is 4.40 Å². The van der Waals surface area contributed by atoms with E-state index in [2.05, 4.69) is 4.40 Å². The average Bonchev–Trinajstić information content (AvgIpc) is 2.60. The molecule has 0 radical (unpaired) electrons. The topological polar surface area (TPSA) is 82.0 Å². The minimum atomic E-state index is -4.22. The molecule has 2 aromatic carbocycles. The van der Waals surface area contributed by atoms with Crippen LogP contribution in [0.1, 0.15) is 25.0 Å². The third kappa shape index (κ3) is 5.32. The van der Waals surface area contributed by atoms with Crippen molar-refractivity contribution in [3.05, 3.63) is 65.5 Å². The van der Waals surface area contributed by atoms with Gasteiger partial charge in [0.25, 0.3) is 10.0 Å². The van der Waals surface area contributed by atoms with E-state index in [9.17, 15) is 17.4 Å². The molecule has 9 heteroatoms. The fraction of sp³-hybridized carbons (Fsp3) is 0.278. The highest BCUT2D eigenvalue weighted by Crippen LogP contribution is 2.52. The summed E-state index contributed by atoms with van der Waals surface area (Å²) in [6, 6.07) is 11.0. The molecule has 0 atom stereocenters. The number of rotatable bonds is 8. The molecule has 2 rings (SSSR count). The van der Waals surface area contributed by atoms with Crippen LogP contribution < -0.4 is 0 Å². The Morgan fingerprint density at radius 3 is 2.19 bits per heavy atom. The zero-order valence-electron chi connectivity index (χ0n) is 15.3. The average molecular weight is 413 g/mol. The molecule has 0 spiro atoms. The van der Waals surface area contributed by atoms with Gasteiger partial charge in [-0.05, 0) is 45.0 Å². The van der Waals surface area contributed by atoms with Gasteiger partial charge in [-0.25, -0.2) is 4.39 Å². The van der Waals surface area contributed by atoms with E-state index in [1.807, 2.05) is 6.92 Å². The predicted octanol–water partition coefficient (Wildman–Crippen LogP) is 4.54. The van der Waals surface area contributed by atoms with Crippen LogP contribution in [0.2, 0.25) is 0 Å². The summed E-state index contributed by atoms with van der Waals surface area (Å²) in [5, 5.41) is 0. The fourth-order valence-corrected chi connectivity index (χ4v) is 5.36. The highest BCUT2D eigenvalue weighted by molar-refractivity contribution is 7.91. The number of hydrogen-bond acceptors (Lipinski definition) is 5. The van der Waals surface area contributed by atoms with Crippen molar-refractivity contribution in [3.63, 3.8) is 0 Å². The molecule has 0 aliphatic carbocycles. The molecule has 27 heavy (non-hydrogen) atoms. The zero-order valence-corrected chi connectivity index (χ0v) is 17.0. The zero-order chi connectivity index (χ0) is 20.1. The van der Waals surface area contributed by atoms with Gasteiger partial charge in [-0.2, -0.15) is 12.8 Å². The molecule has 0 saturated heterocycles. The van der Waals surface area contributed by atoms with Crippen LogP contribution in [0.3, 0.4) is 0 Å². The summed E-state index contributed by atoms with van der Waals surface area (Å²) in [5.41, 5.74) is 0.430. The number of nitrogens with zero attached hydrogens (tertiary/aromatic N) is 1. The van der Waals surface area contributed by atoms with Gasteiger partial charge in [-0.3, -0.25) is 4.57 Å². The second-order valence-electron chi connectivity index (χ2n) is 5.55. The molecule has 2 aromatic rings. The van der Waals surface area contributed by atoms with E-state index in [4.69, 9.17) is 9.05 Å². The first-order valence-electron chi connectivity index (χ1n) is 8.29. The van der Waals surface area contributed by atoms with Crippen LogP contribution in [0.15, 0.2) is 57.8 Å². The lowest BCUT2D eigenvalue weighted by Crippen LogP contribution is -2.12. The van der Waals surface area contributed by atoms with Crippen molar-refractivity contribution < 1.29 is 26.4 Å². The van der Waals surface area contributed by atoms with Crippen LogP contribution in [-0.4, -0.2) is 27.1 Å². The van der Waals surface area contributed by atoms with Crippen LogP contribution in [0.4, 0.5) is 4.39 Å².